The standard InChI is InChI=1S/C15H18N2O3S/c1-2-3-4-13-16-14(20-17-13)10-21-12-7-5-11(6-8-12)9-15(18)19/h5-8H,2-4,9-10H2,1H3,(H,18,19). The average Bonchev–Trinajstić information content (AvgIpc) is 2.92. The number of aliphatic carboxylic acids is 1. The fourth-order valence-electron chi connectivity index (χ4n) is 1.81. The number of thioether (sulfide) groups is 1. The van der Waals surface area contributed by atoms with Crippen molar-refractivity contribution < 1.29 is 14.4 Å². The van der Waals surface area contributed by atoms with E-state index in [0.29, 0.717) is 11.6 Å². The molecule has 1 heterocycles. The molecule has 0 spiro atoms. The first-order chi connectivity index (χ1) is 10.2. The molecule has 2 rings (SSSR count). The molecule has 5 nitrogen and oxygen atoms in total. The monoisotopic (exact) mass is 306 g/mol. The second-order valence-electron chi connectivity index (χ2n) is 4.71. The van der Waals surface area contributed by atoms with Crippen molar-refractivity contribution in [3.63, 3.8) is 0 Å². The van der Waals surface area contributed by atoms with Crippen LogP contribution in [0.15, 0.2) is 33.7 Å². The third kappa shape index (κ3) is 5.23. The Morgan fingerprint density at radius 3 is 2.76 bits per heavy atom. The number of aromatic nitrogens is 2. The maximum Gasteiger partial charge on any atom is 0.307 e. The first-order valence-electron chi connectivity index (χ1n) is 6.92. The van der Waals surface area contributed by atoms with Gasteiger partial charge in [-0.3, -0.25) is 4.79 Å². The normalized spacial score (nSPS) is 10.7. The number of carboxylic acid groups (broad SMARTS) is 1. The number of aryl methyl sites for hydroxylation is 1. The molecule has 0 saturated carbocycles. The molecule has 21 heavy (non-hydrogen) atoms. The van der Waals surface area contributed by atoms with Gasteiger partial charge in [0.15, 0.2) is 5.82 Å². The number of hydrogen-bond donors (Lipinski definition) is 1. The van der Waals surface area contributed by atoms with E-state index in [1.54, 1.807) is 11.8 Å². The van der Waals surface area contributed by atoms with Crippen LogP contribution in [0.3, 0.4) is 0 Å². The van der Waals surface area contributed by atoms with Gasteiger partial charge in [-0.15, -0.1) is 11.8 Å². The zero-order chi connectivity index (χ0) is 15.1. The molecule has 0 atom stereocenters. The van der Waals surface area contributed by atoms with Crippen LogP contribution in [0.1, 0.15) is 37.0 Å². The molecule has 0 aliphatic heterocycles. The highest BCUT2D eigenvalue weighted by atomic mass is 32.2. The summed E-state index contributed by atoms with van der Waals surface area (Å²) in [5.41, 5.74) is 0.798. The lowest BCUT2D eigenvalue weighted by molar-refractivity contribution is -0.136. The Morgan fingerprint density at radius 1 is 1.33 bits per heavy atom. The summed E-state index contributed by atoms with van der Waals surface area (Å²) in [4.78, 5) is 16.0. The molecule has 112 valence electrons. The lowest BCUT2D eigenvalue weighted by Gasteiger charge is -2.00. The van der Waals surface area contributed by atoms with Crippen molar-refractivity contribution in [1.82, 2.24) is 10.1 Å². The maximum atomic E-state index is 10.6. The number of hydrogen-bond acceptors (Lipinski definition) is 5. The molecule has 0 saturated heterocycles. The van der Waals surface area contributed by atoms with Crippen molar-refractivity contribution in [1.29, 1.82) is 0 Å². The fourth-order valence-corrected chi connectivity index (χ4v) is 2.54. The Labute approximate surface area is 127 Å². The zero-order valence-corrected chi connectivity index (χ0v) is 12.7. The molecule has 0 aliphatic carbocycles. The lowest BCUT2D eigenvalue weighted by atomic mass is 10.2. The van der Waals surface area contributed by atoms with E-state index in [4.69, 9.17) is 9.63 Å². The van der Waals surface area contributed by atoms with Gasteiger partial charge in [0, 0.05) is 11.3 Å². The van der Waals surface area contributed by atoms with Gasteiger partial charge in [-0.05, 0) is 24.1 Å². The Bertz CT molecular complexity index is 581. The van der Waals surface area contributed by atoms with Crippen LogP contribution in [-0.2, 0) is 23.4 Å². The quantitative estimate of drug-likeness (QED) is 0.754. The molecule has 6 heteroatoms. The van der Waals surface area contributed by atoms with Gasteiger partial charge >= 0.3 is 5.97 Å². The van der Waals surface area contributed by atoms with Gasteiger partial charge < -0.3 is 9.63 Å². The summed E-state index contributed by atoms with van der Waals surface area (Å²) in [7, 11) is 0. The van der Waals surface area contributed by atoms with Crippen molar-refractivity contribution in [3.05, 3.63) is 41.5 Å². The topological polar surface area (TPSA) is 76.2 Å². The minimum Gasteiger partial charge on any atom is -0.481 e. The molecule has 1 aromatic heterocycles. The molecule has 2 aromatic rings. The maximum absolute atomic E-state index is 10.6. The Morgan fingerprint density at radius 2 is 2.10 bits per heavy atom. The van der Waals surface area contributed by atoms with Gasteiger partial charge in [-0.1, -0.05) is 30.6 Å². The third-order valence-corrected chi connectivity index (χ3v) is 3.90. The van der Waals surface area contributed by atoms with E-state index in [1.807, 2.05) is 24.3 Å². The largest absolute Gasteiger partial charge is 0.481 e. The first-order valence-corrected chi connectivity index (χ1v) is 7.91. The fraction of sp³-hybridized carbons (Fsp3) is 0.400. The van der Waals surface area contributed by atoms with E-state index < -0.39 is 5.97 Å². The second kappa shape index (κ2) is 7.83. The Kier molecular flexibility index (Phi) is 5.80. The molecule has 1 N–H and O–H groups in total. The molecule has 0 radical (unpaired) electrons. The lowest BCUT2D eigenvalue weighted by Crippen LogP contribution is -1.99. The minimum atomic E-state index is -0.819. The number of nitrogens with zero attached hydrogens (tertiary/aromatic N) is 2. The third-order valence-electron chi connectivity index (χ3n) is 2.91. The summed E-state index contributed by atoms with van der Waals surface area (Å²) in [6, 6.07) is 7.49. The van der Waals surface area contributed by atoms with Gasteiger partial charge in [-0.25, -0.2) is 0 Å². The van der Waals surface area contributed by atoms with E-state index in [0.717, 1.165) is 35.5 Å². The molecule has 0 amide bonds. The highest BCUT2D eigenvalue weighted by molar-refractivity contribution is 7.98. The van der Waals surface area contributed by atoms with E-state index in [1.165, 1.54) is 0 Å². The number of benzene rings is 1. The number of unbranched alkanes of at least 4 members (excludes halogenated alkanes) is 1. The number of carbonyl (C=O) groups is 1. The molecule has 1 aromatic carbocycles. The van der Waals surface area contributed by atoms with Crippen LogP contribution in [0, 0.1) is 0 Å². The van der Waals surface area contributed by atoms with E-state index in [9.17, 15) is 4.79 Å². The van der Waals surface area contributed by atoms with Crippen LogP contribution >= 0.6 is 11.8 Å². The first kappa shape index (κ1) is 15.6. The van der Waals surface area contributed by atoms with Gasteiger partial charge in [-0.2, -0.15) is 4.98 Å². The van der Waals surface area contributed by atoms with Crippen LogP contribution in [0.4, 0.5) is 0 Å². The molecule has 0 bridgehead atoms. The van der Waals surface area contributed by atoms with Crippen molar-refractivity contribution in [2.24, 2.45) is 0 Å². The molecule has 0 aliphatic rings. The number of carboxylic acids is 1. The smallest absolute Gasteiger partial charge is 0.307 e. The Balaban J connectivity index is 1.84. The predicted octanol–water partition coefficient (Wildman–Crippen LogP) is 3.33. The van der Waals surface area contributed by atoms with Gasteiger partial charge in [0.1, 0.15) is 0 Å². The summed E-state index contributed by atoms with van der Waals surface area (Å²) >= 11 is 1.59. The van der Waals surface area contributed by atoms with Crippen LogP contribution in [-0.4, -0.2) is 21.2 Å². The summed E-state index contributed by atoms with van der Waals surface area (Å²) in [6.07, 6.45) is 3.09. The highest BCUT2D eigenvalue weighted by Crippen LogP contribution is 2.22. The van der Waals surface area contributed by atoms with Crippen LogP contribution in [0.2, 0.25) is 0 Å². The molecule has 0 unspecified atom stereocenters. The molecular weight excluding hydrogens is 288 g/mol. The summed E-state index contributed by atoms with van der Waals surface area (Å²) in [5.74, 6) is 1.20. The highest BCUT2D eigenvalue weighted by Gasteiger charge is 2.07. The SMILES string of the molecule is CCCCc1noc(CSc2ccc(CC(=O)O)cc2)n1. The van der Waals surface area contributed by atoms with E-state index in [-0.39, 0.29) is 6.42 Å². The van der Waals surface area contributed by atoms with Gasteiger partial charge in [0.05, 0.1) is 12.2 Å². The van der Waals surface area contributed by atoms with E-state index >= 15 is 0 Å². The Hall–Kier alpha value is -1.82. The minimum absolute atomic E-state index is 0.0510. The molecular formula is C15H18N2O3S. The average molecular weight is 306 g/mol. The van der Waals surface area contributed by atoms with Crippen LogP contribution < -0.4 is 0 Å². The zero-order valence-electron chi connectivity index (χ0n) is 11.9. The molecule has 0 fully saturated rings. The van der Waals surface area contributed by atoms with Gasteiger partial charge in [0.25, 0.3) is 0 Å². The van der Waals surface area contributed by atoms with E-state index in [2.05, 4.69) is 17.1 Å². The number of rotatable bonds is 8. The second-order valence-corrected chi connectivity index (χ2v) is 5.76. The van der Waals surface area contributed by atoms with Crippen LogP contribution in [0.25, 0.3) is 0 Å². The van der Waals surface area contributed by atoms with Gasteiger partial charge in [0.2, 0.25) is 5.89 Å². The van der Waals surface area contributed by atoms with Crippen molar-refractivity contribution in [3.8, 4) is 0 Å². The summed E-state index contributed by atoms with van der Waals surface area (Å²) in [6.45, 7) is 2.13. The summed E-state index contributed by atoms with van der Waals surface area (Å²) in [5, 5.41) is 12.7. The van der Waals surface area contributed by atoms with Crippen molar-refractivity contribution in [2.45, 2.75) is 43.3 Å². The predicted molar refractivity (Wildman–Crippen MR) is 80.3 cm³/mol. The summed E-state index contributed by atoms with van der Waals surface area (Å²) < 4.78 is 5.20. The van der Waals surface area contributed by atoms with Crippen molar-refractivity contribution >= 4 is 17.7 Å². The van der Waals surface area contributed by atoms with Crippen LogP contribution in [0.5, 0.6) is 0 Å². The van der Waals surface area contributed by atoms with Crippen molar-refractivity contribution in [2.75, 3.05) is 0 Å².